The summed E-state index contributed by atoms with van der Waals surface area (Å²) in [4.78, 5) is 9.25. The van der Waals surface area contributed by atoms with Gasteiger partial charge in [0.25, 0.3) is 0 Å². The molecule has 5 aromatic carbocycles. The van der Waals surface area contributed by atoms with E-state index in [9.17, 15) is 0 Å². The molecule has 7 aromatic rings. The molecule has 2 aliphatic rings. The zero-order chi connectivity index (χ0) is 29.4. The van der Waals surface area contributed by atoms with E-state index in [4.69, 9.17) is 4.74 Å². The monoisotopic (exact) mass is 824 g/mol. The molecule has 0 spiro atoms. The van der Waals surface area contributed by atoms with Crippen molar-refractivity contribution in [3.8, 4) is 17.3 Å². The van der Waals surface area contributed by atoms with Crippen molar-refractivity contribution >= 4 is 66.6 Å². The predicted octanol–water partition coefficient (Wildman–Crippen LogP) is 8.11. The van der Waals surface area contributed by atoms with Gasteiger partial charge < -0.3 is 0 Å². The average molecular weight is 823 g/mol. The molecule has 0 saturated carbocycles. The van der Waals surface area contributed by atoms with Gasteiger partial charge in [0.05, 0.1) is 0 Å². The Bertz CT molecular complexity index is 2230. The molecule has 45 heavy (non-hydrogen) atoms. The van der Waals surface area contributed by atoms with Crippen molar-refractivity contribution in [3.05, 3.63) is 140 Å². The Labute approximate surface area is 279 Å². The van der Waals surface area contributed by atoms with E-state index in [1.165, 1.54) is 20.2 Å². The van der Waals surface area contributed by atoms with E-state index in [2.05, 4.69) is 141 Å². The number of para-hydroxylation sites is 3. The van der Waals surface area contributed by atoms with Crippen LogP contribution in [-0.2, 0) is 21.1 Å². The summed E-state index contributed by atoms with van der Waals surface area (Å²) in [6.07, 6.45) is 1.82. The molecule has 222 valence electrons. The average Bonchev–Trinajstić information content (AvgIpc) is 3.61. The molecule has 9 rings (SSSR count). The van der Waals surface area contributed by atoms with Crippen molar-refractivity contribution in [2.45, 2.75) is 11.5 Å². The second-order valence-electron chi connectivity index (χ2n) is 11.8. The Balaban J connectivity index is 0.00000300. The third kappa shape index (κ3) is 4.28. The molecule has 0 fully saturated rings. The summed E-state index contributed by atoms with van der Waals surface area (Å²) in [5.74, 6) is 7.11. The van der Waals surface area contributed by atoms with Gasteiger partial charge in [-0.1, -0.05) is 0 Å². The fourth-order valence-corrected chi connectivity index (χ4v) is 12.9. The standard InChI is InChI=1S/C38H27GeN4O.Pt/c1-39(2)31-21-19-28(24-36(31)42-25-41(26-11-4-3-5-12-26)34-16-10-14-32(39)38(34)42)44-27-18-20-30-29-13-6-7-15-33(29)43(35(30)23-27)37-17-8-9-22-40-37;/h3-22,25H,1-2H3;/q-3;. The molecule has 0 amide bonds. The quantitative estimate of drug-likeness (QED) is 0.133. The molecule has 0 saturated heterocycles. The number of rotatable bonds is 4. The van der Waals surface area contributed by atoms with Crippen LogP contribution in [0, 0.1) is 18.8 Å². The van der Waals surface area contributed by atoms with Crippen molar-refractivity contribution in [1.29, 1.82) is 0 Å². The first-order chi connectivity index (χ1) is 21.6. The molecule has 0 atom stereocenters. The van der Waals surface area contributed by atoms with E-state index in [1.807, 2.05) is 30.5 Å². The number of benzene rings is 5. The van der Waals surface area contributed by atoms with Gasteiger partial charge in [-0.3, -0.25) is 0 Å². The van der Waals surface area contributed by atoms with Crippen LogP contribution in [0.15, 0.2) is 121 Å². The molecule has 2 aliphatic heterocycles. The van der Waals surface area contributed by atoms with Gasteiger partial charge in [0, 0.05) is 21.1 Å². The molecular weight excluding hydrogens is 796 g/mol. The van der Waals surface area contributed by atoms with Gasteiger partial charge in [-0.15, -0.1) is 0 Å². The van der Waals surface area contributed by atoms with Crippen molar-refractivity contribution in [2.24, 2.45) is 0 Å². The Kier molecular flexibility index (Phi) is 6.67. The van der Waals surface area contributed by atoms with Gasteiger partial charge in [-0.05, 0) is 6.07 Å². The number of aromatic nitrogens is 2. The first-order valence-corrected chi connectivity index (χ1v) is 21.1. The number of nitrogens with zero attached hydrogens (tertiary/aromatic N) is 4. The topological polar surface area (TPSA) is 33.5 Å². The Hall–Kier alpha value is -4.32. The molecule has 0 unspecified atom stereocenters. The van der Waals surface area contributed by atoms with Crippen molar-refractivity contribution in [2.75, 3.05) is 9.80 Å². The molecule has 4 heterocycles. The van der Waals surface area contributed by atoms with Crippen LogP contribution in [0.25, 0.3) is 27.6 Å². The van der Waals surface area contributed by atoms with E-state index < -0.39 is 13.3 Å². The smallest absolute Gasteiger partial charge is 0 e. The Morgan fingerprint density at radius 1 is 0.689 bits per heavy atom. The maximum absolute atomic E-state index is 6.54. The minimum absolute atomic E-state index is 0. The molecule has 0 aliphatic carbocycles. The van der Waals surface area contributed by atoms with E-state index in [0.717, 1.165) is 39.0 Å². The fourth-order valence-electron chi connectivity index (χ4n) is 6.82. The largest absolute Gasteiger partial charge is 0 e. The summed E-state index contributed by atoms with van der Waals surface area (Å²) in [7, 11) is 0. The molecule has 0 radical (unpaired) electrons. The van der Waals surface area contributed by atoms with Crippen LogP contribution in [0.4, 0.5) is 22.7 Å². The van der Waals surface area contributed by atoms with Crippen LogP contribution in [0.1, 0.15) is 0 Å². The minimum atomic E-state index is -2.63. The summed E-state index contributed by atoms with van der Waals surface area (Å²) >= 11 is -2.63. The zero-order valence-corrected chi connectivity index (χ0v) is 29.0. The third-order valence-corrected chi connectivity index (χ3v) is 16.3. The zero-order valence-electron chi connectivity index (χ0n) is 24.6. The maximum atomic E-state index is 6.54. The van der Waals surface area contributed by atoms with Crippen molar-refractivity contribution < 1.29 is 25.8 Å². The number of hydrogen-bond donors (Lipinski definition) is 0. The van der Waals surface area contributed by atoms with Gasteiger partial charge in [0.1, 0.15) is 0 Å². The van der Waals surface area contributed by atoms with Crippen LogP contribution in [0.2, 0.25) is 11.5 Å². The number of anilines is 4. The Morgan fingerprint density at radius 3 is 2.31 bits per heavy atom. The summed E-state index contributed by atoms with van der Waals surface area (Å²) < 4.78 is 11.6. The normalized spacial score (nSPS) is 14.3. The van der Waals surface area contributed by atoms with E-state index >= 15 is 0 Å². The van der Waals surface area contributed by atoms with Gasteiger partial charge in [0.15, 0.2) is 0 Å². The Morgan fingerprint density at radius 2 is 1.47 bits per heavy atom. The third-order valence-electron chi connectivity index (χ3n) is 8.92. The van der Waals surface area contributed by atoms with Gasteiger partial charge in [-0.2, -0.15) is 0 Å². The van der Waals surface area contributed by atoms with Gasteiger partial charge in [-0.25, -0.2) is 0 Å². The summed E-state index contributed by atoms with van der Waals surface area (Å²) in [6.45, 7) is 2.20. The molecule has 2 aromatic heterocycles. The molecular formula is C38H27GeN4OPt-3. The maximum Gasteiger partial charge on any atom is 0 e. The summed E-state index contributed by atoms with van der Waals surface area (Å²) in [5, 5.41) is 2.27. The van der Waals surface area contributed by atoms with Gasteiger partial charge in [0.2, 0.25) is 0 Å². The number of hydrogen-bond acceptors (Lipinski definition) is 4. The minimum Gasteiger partial charge on any atom is 0 e. The second kappa shape index (κ2) is 10.6. The van der Waals surface area contributed by atoms with Crippen molar-refractivity contribution in [1.82, 2.24) is 9.55 Å². The van der Waals surface area contributed by atoms with Crippen LogP contribution in [0.5, 0.6) is 11.5 Å². The van der Waals surface area contributed by atoms with Crippen LogP contribution >= 0.6 is 0 Å². The summed E-state index contributed by atoms with van der Waals surface area (Å²) in [5.41, 5.74) is 6.72. The molecule has 0 bridgehead atoms. The molecule has 5 nitrogen and oxygen atoms in total. The SMILES string of the molecule is [CH3][Ge]1([CH3])[c]2ccc(Oc3[c-]c4c(cc3)c3ccccc3n4-c3ccccn3)[c-]c2N2[CH-]N(c3ccccc3)c3ccc[c]1c32.[Pt]. The first kappa shape index (κ1) is 28.2. The van der Waals surface area contributed by atoms with Crippen LogP contribution in [-0.4, -0.2) is 22.8 Å². The van der Waals surface area contributed by atoms with E-state index in [1.54, 1.807) is 0 Å². The molecule has 7 heteroatoms. The first-order valence-electron chi connectivity index (χ1n) is 14.8. The van der Waals surface area contributed by atoms with E-state index in [-0.39, 0.29) is 21.1 Å². The fraction of sp³-hybridized carbons (Fsp3) is 0.0526. The van der Waals surface area contributed by atoms with Crippen LogP contribution < -0.4 is 23.3 Å². The van der Waals surface area contributed by atoms with E-state index in [0.29, 0.717) is 11.5 Å². The predicted molar refractivity (Wildman–Crippen MR) is 181 cm³/mol. The van der Waals surface area contributed by atoms with Gasteiger partial charge >= 0.3 is 254 Å². The number of ether oxygens (including phenoxy) is 1. The van der Waals surface area contributed by atoms with Crippen molar-refractivity contribution in [3.63, 3.8) is 0 Å². The summed E-state index contributed by atoms with van der Waals surface area (Å²) in [6, 6.07) is 47.4. The number of pyridine rings is 1. The molecule has 0 N–H and O–H groups in total. The number of fused-ring (bicyclic) bond motifs is 5. The van der Waals surface area contributed by atoms with Crippen LogP contribution in [0.3, 0.4) is 0 Å². The second-order valence-corrected chi connectivity index (χ2v) is 20.9.